The molecule has 0 saturated carbocycles. The highest BCUT2D eigenvalue weighted by Crippen LogP contribution is 2.33. The summed E-state index contributed by atoms with van der Waals surface area (Å²) in [5.74, 6) is -1.71. The van der Waals surface area contributed by atoms with Gasteiger partial charge in [-0.25, -0.2) is 8.78 Å². The van der Waals surface area contributed by atoms with Crippen molar-refractivity contribution in [1.29, 1.82) is 0 Å². The van der Waals surface area contributed by atoms with E-state index >= 15 is 0 Å². The first-order valence-electron chi connectivity index (χ1n) is 5.82. The number of hydrogen-bond acceptors (Lipinski definition) is 0. The Kier molecular flexibility index (Phi) is 4.43. The fourth-order valence-corrected chi connectivity index (χ4v) is 2.58. The number of hydrogen-bond donors (Lipinski definition) is 0. The predicted molar refractivity (Wildman–Crippen MR) is 74.8 cm³/mol. The first-order chi connectivity index (χ1) is 9.00. The Bertz CT molecular complexity index is 597. The molecule has 100 valence electrons. The molecule has 0 fully saturated rings. The van der Waals surface area contributed by atoms with Crippen LogP contribution in [0.15, 0.2) is 36.4 Å². The summed E-state index contributed by atoms with van der Waals surface area (Å²) in [6.45, 7) is 1.87. The third kappa shape index (κ3) is 3.07. The van der Waals surface area contributed by atoms with Crippen molar-refractivity contribution >= 4 is 23.2 Å². The smallest absolute Gasteiger partial charge is 0.162 e. The maximum Gasteiger partial charge on any atom is 0.162 e. The molecule has 0 aromatic heterocycles. The molecule has 0 saturated heterocycles. The van der Waals surface area contributed by atoms with Crippen LogP contribution in [-0.2, 0) is 6.42 Å². The van der Waals surface area contributed by atoms with E-state index in [0.717, 1.165) is 17.2 Å². The highest BCUT2D eigenvalue weighted by atomic mass is 35.5. The zero-order chi connectivity index (χ0) is 14.0. The standard InChI is InChI=1S/C15H12Cl2F2/c1-9-4-2-6-11(14(9)17)12(16)8-10-5-3-7-13(18)15(10)19/h2-7,12H,8H2,1H3. The number of benzene rings is 2. The molecule has 0 aliphatic rings. The van der Waals surface area contributed by atoms with Crippen LogP contribution in [0.1, 0.15) is 22.1 Å². The van der Waals surface area contributed by atoms with Gasteiger partial charge in [0.1, 0.15) is 0 Å². The Balaban J connectivity index is 2.28. The number of rotatable bonds is 3. The summed E-state index contributed by atoms with van der Waals surface area (Å²) in [5.41, 5.74) is 1.88. The van der Waals surface area contributed by atoms with Crippen molar-refractivity contribution in [2.45, 2.75) is 18.7 Å². The third-order valence-corrected chi connectivity index (χ3v) is 3.90. The van der Waals surface area contributed by atoms with Crippen molar-refractivity contribution < 1.29 is 8.78 Å². The van der Waals surface area contributed by atoms with Gasteiger partial charge in [-0.2, -0.15) is 0 Å². The van der Waals surface area contributed by atoms with Gasteiger partial charge in [0, 0.05) is 5.02 Å². The molecule has 0 aliphatic carbocycles. The maximum absolute atomic E-state index is 13.6. The van der Waals surface area contributed by atoms with Crippen LogP contribution in [0, 0.1) is 18.6 Å². The van der Waals surface area contributed by atoms with Gasteiger partial charge in [-0.15, -0.1) is 11.6 Å². The first kappa shape index (κ1) is 14.3. The summed E-state index contributed by atoms with van der Waals surface area (Å²) in [4.78, 5) is 0. The van der Waals surface area contributed by atoms with E-state index in [1.54, 1.807) is 6.07 Å². The van der Waals surface area contributed by atoms with Crippen molar-refractivity contribution in [1.82, 2.24) is 0 Å². The predicted octanol–water partition coefficient (Wildman–Crippen LogP) is 5.45. The lowest BCUT2D eigenvalue weighted by molar-refractivity contribution is 0.498. The molecule has 0 radical (unpaired) electrons. The molecule has 4 heteroatoms. The molecule has 2 rings (SSSR count). The van der Waals surface area contributed by atoms with E-state index in [4.69, 9.17) is 23.2 Å². The maximum atomic E-state index is 13.6. The van der Waals surface area contributed by atoms with Crippen LogP contribution in [0.4, 0.5) is 8.78 Å². The van der Waals surface area contributed by atoms with Gasteiger partial charge in [0.25, 0.3) is 0 Å². The Morgan fingerprint density at radius 3 is 2.53 bits per heavy atom. The lowest BCUT2D eigenvalue weighted by Gasteiger charge is -2.14. The van der Waals surface area contributed by atoms with Gasteiger partial charge in [-0.3, -0.25) is 0 Å². The minimum atomic E-state index is -0.864. The van der Waals surface area contributed by atoms with Crippen LogP contribution < -0.4 is 0 Å². The molecule has 0 nitrogen and oxygen atoms in total. The monoisotopic (exact) mass is 300 g/mol. The van der Waals surface area contributed by atoms with E-state index in [9.17, 15) is 8.78 Å². The molecule has 0 spiro atoms. The van der Waals surface area contributed by atoms with E-state index in [0.29, 0.717) is 5.02 Å². The van der Waals surface area contributed by atoms with Gasteiger partial charge < -0.3 is 0 Å². The van der Waals surface area contributed by atoms with E-state index in [-0.39, 0.29) is 12.0 Å². The van der Waals surface area contributed by atoms with E-state index < -0.39 is 17.0 Å². The minimum absolute atomic E-state index is 0.189. The van der Waals surface area contributed by atoms with Crippen LogP contribution in [0.5, 0.6) is 0 Å². The summed E-state index contributed by atoms with van der Waals surface area (Å²) in [7, 11) is 0. The Morgan fingerprint density at radius 1 is 1.11 bits per heavy atom. The molecule has 1 unspecified atom stereocenters. The average molecular weight is 301 g/mol. The lowest BCUT2D eigenvalue weighted by atomic mass is 10.0. The fourth-order valence-electron chi connectivity index (χ4n) is 1.92. The van der Waals surface area contributed by atoms with Crippen molar-refractivity contribution in [3.63, 3.8) is 0 Å². The highest BCUT2D eigenvalue weighted by Gasteiger charge is 2.17. The average Bonchev–Trinajstić information content (AvgIpc) is 2.38. The molecular formula is C15H12Cl2F2. The summed E-state index contributed by atoms with van der Waals surface area (Å²) in [6, 6.07) is 9.59. The SMILES string of the molecule is Cc1cccc(C(Cl)Cc2cccc(F)c2F)c1Cl. The topological polar surface area (TPSA) is 0 Å². The third-order valence-electron chi connectivity index (χ3n) is 2.99. The first-order valence-corrected chi connectivity index (χ1v) is 6.64. The largest absolute Gasteiger partial charge is 0.204 e. The van der Waals surface area contributed by atoms with Crippen molar-refractivity contribution in [3.05, 3.63) is 69.7 Å². The Labute approximate surface area is 121 Å². The molecule has 0 amide bonds. The van der Waals surface area contributed by atoms with E-state index in [1.807, 2.05) is 19.1 Å². The molecular weight excluding hydrogens is 289 g/mol. The minimum Gasteiger partial charge on any atom is -0.204 e. The zero-order valence-corrected chi connectivity index (χ0v) is 11.8. The van der Waals surface area contributed by atoms with Gasteiger partial charge in [-0.05, 0) is 36.1 Å². The lowest BCUT2D eigenvalue weighted by Crippen LogP contribution is -2.01. The van der Waals surface area contributed by atoms with Crippen LogP contribution in [0.25, 0.3) is 0 Å². The zero-order valence-electron chi connectivity index (χ0n) is 10.3. The van der Waals surface area contributed by atoms with Crippen molar-refractivity contribution in [3.8, 4) is 0 Å². The summed E-state index contributed by atoms with van der Waals surface area (Å²) >= 11 is 12.4. The normalized spacial score (nSPS) is 12.5. The Morgan fingerprint density at radius 2 is 1.79 bits per heavy atom. The number of halogens is 4. The summed E-state index contributed by atoms with van der Waals surface area (Å²) in [6.07, 6.45) is 0.189. The second-order valence-corrected chi connectivity index (χ2v) is 5.27. The van der Waals surface area contributed by atoms with Crippen molar-refractivity contribution in [2.75, 3.05) is 0 Å². The van der Waals surface area contributed by atoms with Crippen LogP contribution >= 0.6 is 23.2 Å². The van der Waals surface area contributed by atoms with Gasteiger partial charge >= 0.3 is 0 Å². The molecule has 0 aliphatic heterocycles. The van der Waals surface area contributed by atoms with Gasteiger partial charge in [0.15, 0.2) is 11.6 Å². The second-order valence-electron chi connectivity index (χ2n) is 4.36. The molecule has 2 aromatic carbocycles. The fraction of sp³-hybridized carbons (Fsp3) is 0.200. The molecule has 19 heavy (non-hydrogen) atoms. The van der Waals surface area contributed by atoms with E-state index in [1.165, 1.54) is 12.1 Å². The van der Waals surface area contributed by atoms with Crippen LogP contribution in [0.2, 0.25) is 5.02 Å². The highest BCUT2D eigenvalue weighted by molar-refractivity contribution is 6.33. The van der Waals surface area contributed by atoms with Gasteiger partial charge in [0.05, 0.1) is 5.38 Å². The van der Waals surface area contributed by atoms with Crippen molar-refractivity contribution in [2.24, 2.45) is 0 Å². The molecule has 0 heterocycles. The van der Waals surface area contributed by atoms with Gasteiger partial charge in [0.2, 0.25) is 0 Å². The molecule has 0 bridgehead atoms. The molecule has 2 aromatic rings. The number of alkyl halides is 1. The number of aryl methyl sites for hydroxylation is 1. The quantitative estimate of drug-likeness (QED) is 0.661. The summed E-state index contributed by atoms with van der Waals surface area (Å²) < 4.78 is 26.7. The van der Waals surface area contributed by atoms with Crippen LogP contribution in [0.3, 0.4) is 0 Å². The second kappa shape index (κ2) is 5.89. The molecule has 1 atom stereocenters. The van der Waals surface area contributed by atoms with Crippen LogP contribution in [-0.4, -0.2) is 0 Å². The van der Waals surface area contributed by atoms with E-state index in [2.05, 4.69) is 0 Å². The van der Waals surface area contributed by atoms with Gasteiger partial charge in [-0.1, -0.05) is 41.9 Å². The summed E-state index contributed by atoms with van der Waals surface area (Å²) in [5, 5.41) is 0.0722. The Hall–Kier alpha value is -1.12. The molecule has 0 N–H and O–H groups in total.